The van der Waals surface area contributed by atoms with Crippen LogP contribution in [0.3, 0.4) is 0 Å². The van der Waals surface area contributed by atoms with Crippen LogP contribution >= 0.6 is 23.2 Å². The molecule has 0 aromatic heterocycles. The number of carbonyl (C=O) groups is 2. The predicted octanol–water partition coefficient (Wildman–Crippen LogP) is 3.63. The largest absolute Gasteiger partial charge is 0.449 e. The Hall–Kier alpha value is -2.33. The Kier molecular flexibility index (Phi) is 8.00. The molecule has 0 radical (unpaired) electrons. The van der Waals surface area contributed by atoms with Crippen molar-refractivity contribution in [2.45, 2.75) is 36.9 Å². The molecule has 172 valence electrons. The van der Waals surface area contributed by atoms with Crippen LogP contribution in [-0.4, -0.2) is 45.7 Å². The van der Waals surface area contributed by atoms with Gasteiger partial charge in [0.05, 0.1) is 21.6 Å². The first-order valence-corrected chi connectivity index (χ1v) is 12.1. The number of halogens is 2. The summed E-state index contributed by atoms with van der Waals surface area (Å²) in [5.74, 6) is -1.41. The normalized spacial score (nSPS) is 16.9. The van der Waals surface area contributed by atoms with Crippen molar-refractivity contribution in [3.05, 3.63) is 58.1 Å². The highest BCUT2D eigenvalue weighted by Gasteiger charge is 2.24. The second-order valence-corrected chi connectivity index (χ2v) is 9.71. The smallest absolute Gasteiger partial charge is 0.340 e. The lowest BCUT2D eigenvalue weighted by molar-refractivity contribution is -0.129. The number of rotatable bonds is 8. The van der Waals surface area contributed by atoms with E-state index in [9.17, 15) is 18.0 Å². The maximum absolute atomic E-state index is 12.7. The zero-order chi connectivity index (χ0) is 23.3. The minimum atomic E-state index is -4.01. The molecule has 2 aromatic carbocycles. The zero-order valence-electron chi connectivity index (χ0n) is 17.1. The summed E-state index contributed by atoms with van der Waals surface area (Å²) in [6, 6.07) is 9.71. The Labute approximate surface area is 196 Å². The Bertz CT molecular complexity index is 1090. The number of anilines is 1. The van der Waals surface area contributed by atoms with Gasteiger partial charge in [0, 0.05) is 23.9 Å². The van der Waals surface area contributed by atoms with E-state index in [1.54, 1.807) is 0 Å². The third kappa shape index (κ3) is 6.35. The molecule has 0 saturated carbocycles. The lowest BCUT2D eigenvalue weighted by Crippen LogP contribution is -2.39. The van der Waals surface area contributed by atoms with Crippen molar-refractivity contribution in [3.8, 4) is 0 Å². The highest BCUT2D eigenvalue weighted by molar-refractivity contribution is 7.92. The molecule has 1 saturated heterocycles. The summed E-state index contributed by atoms with van der Waals surface area (Å²) in [5, 5.41) is 3.12. The van der Waals surface area contributed by atoms with Crippen LogP contribution in [0.5, 0.6) is 0 Å². The van der Waals surface area contributed by atoms with Gasteiger partial charge in [-0.15, -0.1) is 0 Å². The van der Waals surface area contributed by atoms with Crippen LogP contribution in [0.25, 0.3) is 0 Å². The molecule has 1 heterocycles. The molecule has 11 heteroatoms. The van der Waals surface area contributed by atoms with Crippen LogP contribution in [0.2, 0.25) is 10.0 Å². The molecule has 8 nitrogen and oxygen atoms in total. The Morgan fingerprint density at radius 2 is 1.91 bits per heavy atom. The van der Waals surface area contributed by atoms with Crippen molar-refractivity contribution in [1.29, 1.82) is 0 Å². The van der Waals surface area contributed by atoms with Gasteiger partial charge in [0.1, 0.15) is 0 Å². The third-order valence-electron chi connectivity index (χ3n) is 4.75. The molecule has 1 aliphatic heterocycles. The molecule has 3 rings (SSSR count). The van der Waals surface area contributed by atoms with Crippen LogP contribution in [0, 0.1) is 0 Å². The molecule has 1 amide bonds. The van der Waals surface area contributed by atoms with E-state index in [4.69, 9.17) is 32.7 Å². The Morgan fingerprint density at radius 1 is 1.19 bits per heavy atom. The summed E-state index contributed by atoms with van der Waals surface area (Å²) >= 11 is 11.9. The van der Waals surface area contributed by atoms with E-state index in [0.717, 1.165) is 18.9 Å². The van der Waals surface area contributed by atoms with Gasteiger partial charge in [-0.2, -0.15) is 0 Å². The lowest BCUT2D eigenvalue weighted by Gasteiger charge is -2.16. The molecule has 1 aliphatic rings. The highest BCUT2D eigenvalue weighted by Crippen LogP contribution is 2.24. The SMILES string of the molecule is C[C@@H](OC(=O)c1cc(S(=O)(=O)Nc2ccc(Cl)cc2)ccc1Cl)C(=O)NC[C@H]1CCCO1. The Morgan fingerprint density at radius 3 is 2.56 bits per heavy atom. The maximum atomic E-state index is 12.7. The average molecular weight is 501 g/mol. The summed E-state index contributed by atoms with van der Waals surface area (Å²) in [6.07, 6.45) is 0.643. The fourth-order valence-electron chi connectivity index (χ4n) is 3.00. The average Bonchev–Trinajstić information content (AvgIpc) is 3.27. The third-order valence-corrected chi connectivity index (χ3v) is 6.71. The maximum Gasteiger partial charge on any atom is 0.340 e. The Balaban J connectivity index is 1.67. The van der Waals surface area contributed by atoms with Crippen molar-refractivity contribution in [3.63, 3.8) is 0 Å². The first-order chi connectivity index (χ1) is 15.2. The standard InChI is InChI=1S/C21H22Cl2N2O6S/c1-13(20(26)24-12-16-3-2-10-30-16)31-21(27)18-11-17(8-9-19(18)23)32(28,29)25-15-6-4-14(22)5-7-15/h4-9,11,13,16,25H,2-3,10,12H2,1H3,(H,24,26)/t13-,16-/m1/s1. The number of ether oxygens (including phenoxy) is 2. The molecule has 0 bridgehead atoms. The topological polar surface area (TPSA) is 111 Å². The molecular weight excluding hydrogens is 479 g/mol. The number of nitrogens with one attached hydrogen (secondary N) is 2. The van der Waals surface area contributed by atoms with Crippen molar-refractivity contribution in [2.75, 3.05) is 17.9 Å². The second kappa shape index (κ2) is 10.5. The minimum absolute atomic E-state index is 0.00703. The number of benzene rings is 2. The van der Waals surface area contributed by atoms with Crippen LogP contribution in [-0.2, 0) is 24.3 Å². The van der Waals surface area contributed by atoms with Gasteiger partial charge in [-0.3, -0.25) is 9.52 Å². The number of sulfonamides is 1. The van der Waals surface area contributed by atoms with E-state index < -0.39 is 28.0 Å². The number of amides is 1. The van der Waals surface area contributed by atoms with Gasteiger partial charge in [-0.25, -0.2) is 13.2 Å². The van der Waals surface area contributed by atoms with Gasteiger partial charge in [-0.1, -0.05) is 23.2 Å². The molecule has 2 atom stereocenters. The first kappa shape index (κ1) is 24.3. The minimum Gasteiger partial charge on any atom is -0.449 e. The molecular formula is C21H22Cl2N2O6S. The first-order valence-electron chi connectivity index (χ1n) is 9.84. The fraction of sp³-hybridized carbons (Fsp3) is 0.333. The van der Waals surface area contributed by atoms with Gasteiger partial charge in [0.2, 0.25) is 0 Å². The van der Waals surface area contributed by atoms with E-state index in [-0.39, 0.29) is 21.6 Å². The second-order valence-electron chi connectivity index (χ2n) is 7.18. The number of hydrogen-bond acceptors (Lipinski definition) is 6. The number of esters is 1. The quantitative estimate of drug-likeness (QED) is 0.535. The molecule has 32 heavy (non-hydrogen) atoms. The van der Waals surface area contributed by atoms with Crippen LogP contribution in [0.4, 0.5) is 5.69 Å². The lowest BCUT2D eigenvalue weighted by atomic mass is 10.2. The summed E-state index contributed by atoms with van der Waals surface area (Å²) in [7, 11) is -4.01. The molecule has 0 unspecified atom stereocenters. The van der Waals surface area contributed by atoms with Gasteiger partial charge in [0.25, 0.3) is 15.9 Å². The van der Waals surface area contributed by atoms with Crippen LogP contribution in [0.15, 0.2) is 47.4 Å². The van der Waals surface area contributed by atoms with Gasteiger partial charge >= 0.3 is 5.97 Å². The molecule has 0 aliphatic carbocycles. The van der Waals surface area contributed by atoms with E-state index in [1.807, 2.05) is 0 Å². The molecule has 2 N–H and O–H groups in total. The van der Waals surface area contributed by atoms with E-state index >= 15 is 0 Å². The van der Waals surface area contributed by atoms with Crippen LogP contribution in [0.1, 0.15) is 30.1 Å². The zero-order valence-corrected chi connectivity index (χ0v) is 19.5. The van der Waals surface area contributed by atoms with Crippen molar-refractivity contribution < 1.29 is 27.5 Å². The van der Waals surface area contributed by atoms with Crippen molar-refractivity contribution in [1.82, 2.24) is 5.32 Å². The van der Waals surface area contributed by atoms with E-state index in [2.05, 4.69) is 10.0 Å². The molecule has 1 fully saturated rings. The monoisotopic (exact) mass is 500 g/mol. The van der Waals surface area contributed by atoms with Gasteiger partial charge in [0.15, 0.2) is 6.10 Å². The summed E-state index contributed by atoms with van der Waals surface area (Å²) in [6.45, 7) is 2.40. The van der Waals surface area contributed by atoms with E-state index in [1.165, 1.54) is 43.3 Å². The number of hydrogen-bond donors (Lipinski definition) is 2. The van der Waals surface area contributed by atoms with E-state index in [0.29, 0.717) is 23.9 Å². The fourth-order valence-corrected chi connectivity index (χ4v) is 4.41. The van der Waals surface area contributed by atoms with Crippen molar-refractivity contribution >= 4 is 50.8 Å². The van der Waals surface area contributed by atoms with Crippen molar-refractivity contribution in [2.24, 2.45) is 0 Å². The molecule has 2 aromatic rings. The summed E-state index contributed by atoms with van der Waals surface area (Å²) in [4.78, 5) is 24.6. The van der Waals surface area contributed by atoms with Gasteiger partial charge < -0.3 is 14.8 Å². The summed E-state index contributed by atoms with van der Waals surface area (Å²) < 4.78 is 38.4. The molecule has 0 spiro atoms. The number of carbonyl (C=O) groups excluding carboxylic acids is 2. The predicted molar refractivity (Wildman–Crippen MR) is 121 cm³/mol. The van der Waals surface area contributed by atoms with Gasteiger partial charge in [-0.05, 0) is 62.2 Å². The highest BCUT2D eigenvalue weighted by atomic mass is 35.5. The van der Waals surface area contributed by atoms with Crippen LogP contribution < -0.4 is 10.0 Å². The summed E-state index contributed by atoms with van der Waals surface area (Å²) in [5.41, 5.74) is 0.120.